The average molecular weight is 667 g/mol. The Morgan fingerprint density at radius 1 is 1.19 bits per heavy atom. The largest absolute Gasteiger partial charge is 0.418 e. The highest BCUT2D eigenvalue weighted by atomic mass is 19.4. The van der Waals surface area contributed by atoms with Gasteiger partial charge in [-0.25, -0.2) is 0 Å². The van der Waals surface area contributed by atoms with Crippen molar-refractivity contribution < 1.29 is 28.8 Å². The number of alkyl halides is 3. The number of carbonyl (C=O) groups is 1. The van der Waals surface area contributed by atoms with E-state index in [1.807, 2.05) is 11.8 Å². The molecule has 0 radical (unpaired) electrons. The molecule has 1 aromatic rings. The first-order valence-electron chi connectivity index (χ1n) is 18.3. The standard InChI is InChI=1S/C38H62F3N3O3/c1-15-29(22(2)3)37(33(45)44-21-28-26(8)30(38(39,40)41)20-42-31(28)18-24(44)6)17-16-32(27(37)9)43(14)35(12)19-25(7)47-34(10,11)36(35,13)46-23(4)5/h20,22-25,27,29,32H,15-19,21H2,1-14H3/t24?,25?,27?,29?,32-,35+,36-,37+/m1/s1/i23D. The van der Waals surface area contributed by atoms with Gasteiger partial charge >= 0.3 is 6.18 Å². The number of nitrogens with zero attached hydrogens (tertiary/aromatic N) is 3. The van der Waals surface area contributed by atoms with Gasteiger partial charge in [0.2, 0.25) is 5.91 Å². The molecule has 1 aromatic heterocycles. The van der Waals surface area contributed by atoms with Crippen LogP contribution in [0.5, 0.6) is 0 Å². The summed E-state index contributed by atoms with van der Waals surface area (Å²) in [6.07, 6.45) is -1.33. The van der Waals surface area contributed by atoms with E-state index in [-0.39, 0.29) is 54.0 Å². The highest BCUT2D eigenvalue weighted by Crippen LogP contribution is 2.58. The molecule has 3 aliphatic rings. The average Bonchev–Trinajstić information content (AvgIpc) is 3.26. The first kappa shape index (κ1) is 36.6. The monoisotopic (exact) mass is 666 g/mol. The lowest BCUT2D eigenvalue weighted by Gasteiger charge is -2.64. The van der Waals surface area contributed by atoms with Crippen LogP contribution in [0.25, 0.3) is 0 Å². The van der Waals surface area contributed by atoms with E-state index in [4.69, 9.17) is 10.8 Å². The molecule has 6 nitrogen and oxygen atoms in total. The third-order valence-electron chi connectivity index (χ3n) is 13.1. The molecule has 47 heavy (non-hydrogen) atoms. The van der Waals surface area contributed by atoms with Gasteiger partial charge in [0.05, 0.1) is 35.7 Å². The molecule has 2 aliphatic heterocycles. The van der Waals surface area contributed by atoms with Crippen LogP contribution in [0.4, 0.5) is 13.2 Å². The summed E-state index contributed by atoms with van der Waals surface area (Å²) in [6.45, 7) is 26.4. The Labute approximate surface area is 283 Å². The molecule has 0 aromatic carbocycles. The molecule has 0 bridgehead atoms. The molecule has 3 heterocycles. The maximum absolute atomic E-state index is 15.3. The van der Waals surface area contributed by atoms with E-state index in [1.165, 1.54) is 6.92 Å². The van der Waals surface area contributed by atoms with Gasteiger partial charge in [0.25, 0.3) is 0 Å². The summed E-state index contributed by atoms with van der Waals surface area (Å²) in [7, 11) is 2.15. The zero-order chi connectivity index (χ0) is 36.6. The molecule has 9 heteroatoms. The molecule has 4 rings (SSSR count). The van der Waals surface area contributed by atoms with Crippen molar-refractivity contribution >= 4 is 5.91 Å². The second-order valence-electron chi connectivity index (χ2n) is 16.5. The number of carbonyl (C=O) groups excluding carboxylic acids is 1. The van der Waals surface area contributed by atoms with Crippen molar-refractivity contribution in [3.8, 4) is 0 Å². The minimum absolute atomic E-state index is 0.0252. The quantitative estimate of drug-likeness (QED) is 0.278. The fraction of sp³-hybridized carbons (Fsp3) is 0.842. The van der Waals surface area contributed by atoms with Gasteiger partial charge in [-0.1, -0.05) is 34.1 Å². The van der Waals surface area contributed by atoms with Crippen LogP contribution in [-0.2, 0) is 33.4 Å². The Balaban J connectivity index is 1.80. The molecule has 0 N–H and O–H groups in total. The van der Waals surface area contributed by atoms with Crippen LogP contribution in [0.3, 0.4) is 0 Å². The van der Waals surface area contributed by atoms with Gasteiger partial charge in [-0.2, -0.15) is 13.2 Å². The normalized spacial score (nSPS) is 35.6. The Hall–Kier alpha value is -1.71. The maximum atomic E-state index is 15.3. The summed E-state index contributed by atoms with van der Waals surface area (Å²) >= 11 is 0. The van der Waals surface area contributed by atoms with Crippen LogP contribution in [0, 0.1) is 30.1 Å². The minimum atomic E-state index is -4.51. The molecule has 268 valence electrons. The van der Waals surface area contributed by atoms with Gasteiger partial charge in [0, 0.05) is 36.9 Å². The van der Waals surface area contributed by atoms with E-state index in [2.05, 4.69) is 79.2 Å². The molecule has 1 saturated carbocycles. The number of hydrogen-bond donors (Lipinski definition) is 0. The van der Waals surface area contributed by atoms with E-state index < -0.39 is 40.0 Å². The lowest BCUT2D eigenvalue weighted by molar-refractivity contribution is -0.303. The first-order chi connectivity index (χ1) is 21.8. The van der Waals surface area contributed by atoms with Crippen molar-refractivity contribution in [1.29, 1.82) is 0 Å². The molecule has 2 fully saturated rings. The van der Waals surface area contributed by atoms with Crippen molar-refractivity contribution in [1.82, 2.24) is 14.8 Å². The van der Waals surface area contributed by atoms with Crippen LogP contribution in [-0.4, -0.2) is 68.7 Å². The van der Waals surface area contributed by atoms with Gasteiger partial charge < -0.3 is 14.4 Å². The molecule has 1 aliphatic carbocycles. The van der Waals surface area contributed by atoms with Crippen LogP contribution >= 0.6 is 0 Å². The lowest BCUT2D eigenvalue weighted by Crippen LogP contribution is -2.76. The van der Waals surface area contributed by atoms with E-state index in [9.17, 15) is 13.2 Å². The highest BCUT2D eigenvalue weighted by Gasteiger charge is 2.66. The second kappa shape index (κ2) is 12.9. The van der Waals surface area contributed by atoms with Crippen LogP contribution < -0.4 is 0 Å². The van der Waals surface area contributed by atoms with Gasteiger partial charge in [-0.3, -0.25) is 14.7 Å². The number of amides is 1. The van der Waals surface area contributed by atoms with Gasteiger partial charge in [0.15, 0.2) is 0 Å². The third-order valence-corrected chi connectivity index (χ3v) is 13.1. The number of fused-ring (bicyclic) bond motifs is 1. The number of ether oxygens (including phenoxy) is 2. The number of aromatic nitrogens is 1. The SMILES string of the molecule is [2H]C(C)(C)O[C@]1(C)C(C)(C)OC(C)C[C@]1(C)N(C)[C@@H]1CC[C@@](C(=O)N2Cc3c(ncc(C(F)(F)F)c3C)CC2C)(C(CC)C(C)C)C1C. The fourth-order valence-electron chi connectivity index (χ4n) is 10.3. The fourth-order valence-corrected chi connectivity index (χ4v) is 10.3. The number of halogens is 3. The van der Waals surface area contributed by atoms with Crippen molar-refractivity contribution in [2.45, 2.75) is 176 Å². The van der Waals surface area contributed by atoms with E-state index in [0.717, 1.165) is 19.0 Å². The van der Waals surface area contributed by atoms with Crippen molar-refractivity contribution in [2.24, 2.45) is 23.2 Å². The van der Waals surface area contributed by atoms with Crippen molar-refractivity contribution in [3.05, 3.63) is 28.6 Å². The molecular formula is C38H62F3N3O3. The minimum Gasteiger partial charge on any atom is -0.369 e. The predicted molar refractivity (Wildman–Crippen MR) is 181 cm³/mol. The molecule has 4 unspecified atom stereocenters. The van der Waals surface area contributed by atoms with Crippen LogP contribution in [0.1, 0.15) is 133 Å². The zero-order valence-corrected chi connectivity index (χ0v) is 31.5. The Kier molecular flexibility index (Phi) is 10.0. The molecule has 1 amide bonds. The summed E-state index contributed by atoms with van der Waals surface area (Å²) in [5, 5.41) is 0. The lowest BCUT2D eigenvalue weighted by atomic mass is 9.61. The van der Waals surface area contributed by atoms with Crippen LogP contribution in [0.15, 0.2) is 6.20 Å². The summed E-state index contributed by atoms with van der Waals surface area (Å²) in [6, 6.07) is -0.165. The summed E-state index contributed by atoms with van der Waals surface area (Å²) in [5.41, 5.74) is -2.20. The zero-order valence-electron chi connectivity index (χ0n) is 32.5. The Morgan fingerprint density at radius 3 is 2.34 bits per heavy atom. The van der Waals surface area contributed by atoms with E-state index in [1.54, 1.807) is 13.8 Å². The third kappa shape index (κ3) is 6.06. The number of likely N-dealkylation sites (N-methyl/N-ethyl adjacent to an activating group) is 1. The molecular weight excluding hydrogens is 603 g/mol. The van der Waals surface area contributed by atoms with Crippen molar-refractivity contribution in [3.63, 3.8) is 0 Å². The van der Waals surface area contributed by atoms with Crippen LogP contribution in [0.2, 0.25) is 0 Å². The topological polar surface area (TPSA) is 54.9 Å². The molecule has 0 spiro atoms. The van der Waals surface area contributed by atoms with Gasteiger partial charge in [-0.05, 0) is 118 Å². The first-order valence-corrected chi connectivity index (χ1v) is 17.8. The maximum Gasteiger partial charge on any atom is 0.418 e. The van der Waals surface area contributed by atoms with Crippen molar-refractivity contribution in [2.75, 3.05) is 7.05 Å². The summed E-state index contributed by atoms with van der Waals surface area (Å²) in [5.74, 6) is 0.315. The van der Waals surface area contributed by atoms with E-state index in [0.29, 0.717) is 30.5 Å². The highest BCUT2D eigenvalue weighted by molar-refractivity contribution is 5.85. The smallest absolute Gasteiger partial charge is 0.369 e. The predicted octanol–water partition coefficient (Wildman–Crippen LogP) is 8.61. The van der Waals surface area contributed by atoms with E-state index >= 15 is 4.79 Å². The van der Waals surface area contributed by atoms with Gasteiger partial charge in [-0.15, -0.1) is 0 Å². The second-order valence-corrected chi connectivity index (χ2v) is 16.5. The molecule has 1 saturated heterocycles. The number of rotatable bonds is 8. The number of pyridine rings is 1. The Morgan fingerprint density at radius 2 is 1.81 bits per heavy atom. The molecule has 8 atom stereocenters. The number of hydrogen-bond acceptors (Lipinski definition) is 5. The summed E-state index contributed by atoms with van der Waals surface area (Å²) in [4.78, 5) is 23.9. The Bertz CT molecular complexity index is 1360. The summed E-state index contributed by atoms with van der Waals surface area (Å²) < 4.78 is 63.7. The van der Waals surface area contributed by atoms with Gasteiger partial charge in [0.1, 0.15) is 5.60 Å².